The van der Waals surface area contributed by atoms with E-state index >= 15 is 0 Å². The number of primary amides is 1. The van der Waals surface area contributed by atoms with Crippen molar-refractivity contribution in [2.24, 2.45) is 11.7 Å². The lowest BCUT2D eigenvalue weighted by atomic mass is 9.86. The lowest BCUT2D eigenvalue weighted by Gasteiger charge is -2.17. The summed E-state index contributed by atoms with van der Waals surface area (Å²) in [7, 11) is 0. The summed E-state index contributed by atoms with van der Waals surface area (Å²) in [5.41, 5.74) is 4.78. The van der Waals surface area contributed by atoms with Crippen molar-refractivity contribution >= 4 is 6.03 Å². The molecule has 31 heavy (non-hydrogen) atoms. The Kier molecular flexibility index (Phi) is 20.4. The van der Waals surface area contributed by atoms with Crippen molar-refractivity contribution in [2.45, 2.75) is 130 Å². The Morgan fingerprint density at radius 3 is 2.03 bits per heavy atom. The van der Waals surface area contributed by atoms with Gasteiger partial charge in [-0.1, -0.05) is 79.6 Å². The second-order valence-corrected chi connectivity index (χ2v) is 8.67. The molecule has 0 bridgehead atoms. The van der Waals surface area contributed by atoms with Crippen LogP contribution in [0.2, 0.25) is 0 Å². The second-order valence-electron chi connectivity index (χ2n) is 8.67. The molecule has 1 saturated carbocycles. The first kappa shape index (κ1) is 30.1. The van der Waals surface area contributed by atoms with E-state index in [-0.39, 0.29) is 6.29 Å². The maximum absolute atomic E-state index is 9.99. The fourth-order valence-electron chi connectivity index (χ4n) is 3.39. The van der Waals surface area contributed by atoms with E-state index in [0.29, 0.717) is 18.8 Å². The molecule has 2 amide bonds. The van der Waals surface area contributed by atoms with Crippen molar-refractivity contribution < 1.29 is 19.0 Å². The molecule has 0 spiro atoms. The number of nitrogens with one attached hydrogen (secondary N) is 1. The van der Waals surface area contributed by atoms with Crippen LogP contribution in [0.1, 0.15) is 112 Å². The molecule has 4 atom stereocenters. The Hall–Kier alpha value is -0.850. The quantitative estimate of drug-likeness (QED) is 0.295. The molecule has 186 valence electrons. The summed E-state index contributed by atoms with van der Waals surface area (Å²) in [6.07, 6.45) is 16.9. The van der Waals surface area contributed by atoms with Gasteiger partial charge in [-0.3, -0.25) is 0 Å². The summed E-state index contributed by atoms with van der Waals surface area (Å²) in [6.45, 7) is 13.3. The average Bonchev–Trinajstić information content (AvgIpc) is 3.66. The van der Waals surface area contributed by atoms with Gasteiger partial charge in [0.1, 0.15) is 6.61 Å². The highest BCUT2D eigenvalue weighted by Gasteiger charge is 2.43. The van der Waals surface area contributed by atoms with E-state index in [1.54, 1.807) is 0 Å². The van der Waals surface area contributed by atoms with E-state index in [9.17, 15) is 4.79 Å². The molecule has 2 saturated heterocycles. The van der Waals surface area contributed by atoms with Crippen LogP contribution in [-0.2, 0) is 14.2 Å². The molecule has 0 aromatic carbocycles. The number of rotatable bonds is 11. The summed E-state index contributed by atoms with van der Waals surface area (Å²) >= 11 is 0. The molecule has 6 heteroatoms. The third kappa shape index (κ3) is 20.8. The molecule has 6 nitrogen and oxygen atoms in total. The second kappa shape index (κ2) is 21.0. The van der Waals surface area contributed by atoms with E-state index in [4.69, 9.17) is 19.9 Å². The Morgan fingerprint density at radius 1 is 0.935 bits per heavy atom. The molecule has 3 fully saturated rings. The number of ether oxygens (including phenoxy) is 3. The zero-order chi connectivity index (χ0) is 23.3. The van der Waals surface area contributed by atoms with Crippen LogP contribution < -0.4 is 11.1 Å². The maximum Gasteiger partial charge on any atom is 0.312 e. The molecule has 3 aliphatic rings. The number of urea groups is 1. The van der Waals surface area contributed by atoms with Gasteiger partial charge in [-0.05, 0) is 38.0 Å². The topological polar surface area (TPSA) is 89.4 Å². The Morgan fingerprint density at radius 2 is 1.58 bits per heavy atom. The largest absolute Gasteiger partial charge is 0.370 e. The zero-order valence-corrected chi connectivity index (χ0v) is 21.1. The normalized spacial score (nSPS) is 24.7. The average molecular weight is 445 g/mol. The van der Waals surface area contributed by atoms with E-state index in [0.717, 1.165) is 38.4 Å². The molecule has 1 aliphatic carbocycles. The minimum Gasteiger partial charge on any atom is -0.370 e. The first-order chi connectivity index (χ1) is 15.0. The number of carbonyl (C=O) groups excluding carboxylic acids is 1. The molecular weight excluding hydrogens is 392 g/mol. The van der Waals surface area contributed by atoms with Crippen LogP contribution in [0.25, 0.3) is 0 Å². The first-order valence-electron chi connectivity index (χ1n) is 12.9. The Balaban J connectivity index is 0.000000399. The number of epoxide rings is 2. The van der Waals surface area contributed by atoms with Crippen LogP contribution in [0.5, 0.6) is 0 Å². The number of hydrogen-bond donors (Lipinski definition) is 2. The summed E-state index contributed by atoms with van der Waals surface area (Å²) in [5.74, 6) is 0.994. The summed E-state index contributed by atoms with van der Waals surface area (Å²) < 4.78 is 15.5. The maximum atomic E-state index is 9.99. The minimum atomic E-state index is -0.432. The lowest BCUT2D eigenvalue weighted by Crippen LogP contribution is -2.29. The van der Waals surface area contributed by atoms with Crippen LogP contribution in [-0.4, -0.2) is 44.3 Å². The third-order valence-electron chi connectivity index (χ3n) is 5.45. The van der Waals surface area contributed by atoms with E-state index < -0.39 is 6.03 Å². The van der Waals surface area contributed by atoms with E-state index in [2.05, 4.69) is 39.9 Å². The van der Waals surface area contributed by atoms with Gasteiger partial charge in [-0.25, -0.2) is 4.79 Å². The summed E-state index contributed by atoms with van der Waals surface area (Å²) in [6, 6.07) is -0.432. The zero-order valence-electron chi connectivity index (χ0n) is 21.1. The van der Waals surface area contributed by atoms with Gasteiger partial charge < -0.3 is 25.3 Å². The standard InChI is InChI=1S/C9H16O.C6H12O2.C5H12N2O.C5H12/c1-2-3-7-4-5-8-9(6-7)10-8;1-2-3-4-7-6-5-8-6;1-2-3-4-7-5(6)8;1-3-5-4-2/h7-9H,2-6H2,1H3;6H,2-5H2,1H3;2-4H2,1H3,(H3,6,7,8);3-5H2,1-2H3. The number of unbranched alkanes of at least 4 members (excludes halogenated alkanes) is 4. The molecule has 0 aromatic rings. The SMILES string of the molecule is CCCC1CCC2OC2C1.CCCCC.CCCCNC(N)=O.CCCCOC1CO1. The van der Waals surface area contributed by atoms with Gasteiger partial charge in [0.05, 0.1) is 12.2 Å². The summed E-state index contributed by atoms with van der Waals surface area (Å²) in [4.78, 5) is 9.99. The number of carbonyl (C=O) groups is 1. The van der Waals surface area contributed by atoms with Crippen molar-refractivity contribution in [2.75, 3.05) is 19.8 Å². The Labute approximate surface area is 192 Å². The lowest BCUT2D eigenvalue weighted by molar-refractivity contribution is 0.0486. The van der Waals surface area contributed by atoms with Gasteiger partial charge in [-0.15, -0.1) is 0 Å². The van der Waals surface area contributed by atoms with Crippen LogP contribution >= 0.6 is 0 Å². The molecular formula is C25H52N2O4. The molecule has 2 heterocycles. The number of amides is 2. The fourth-order valence-corrected chi connectivity index (χ4v) is 3.39. The minimum absolute atomic E-state index is 0.154. The molecule has 4 unspecified atom stereocenters. The van der Waals surface area contributed by atoms with Crippen LogP contribution in [0.3, 0.4) is 0 Å². The smallest absolute Gasteiger partial charge is 0.312 e. The highest BCUT2D eigenvalue weighted by atomic mass is 16.8. The summed E-state index contributed by atoms with van der Waals surface area (Å²) in [5, 5.41) is 2.49. The van der Waals surface area contributed by atoms with Gasteiger partial charge in [0, 0.05) is 13.2 Å². The van der Waals surface area contributed by atoms with Crippen molar-refractivity contribution in [3.8, 4) is 0 Å². The third-order valence-corrected chi connectivity index (χ3v) is 5.45. The molecule has 2 aliphatic heterocycles. The van der Waals surface area contributed by atoms with Crippen LogP contribution in [0.15, 0.2) is 0 Å². The van der Waals surface area contributed by atoms with Gasteiger partial charge in [0.2, 0.25) is 0 Å². The van der Waals surface area contributed by atoms with Crippen molar-refractivity contribution in [3.63, 3.8) is 0 Å². The molecule has 0 aromatic heterocycles. The first-order valence-corrected chi connectivity index (χ1v) is 12.9. The van der Waals surface area contributed by atoms with Crippen molar-refractivity contribution in [3.05, 3.63) is 0 Å². The van der Waals surface area contributed by atoms with Gasteiger partial charge in [-0.2, -0.15) is 0 Å². The van der Waals surface area contributed by atoms with E-state index in [1.165, 1.54) is 57.8 Å². The number of hydrogen-bond acceptors (Lipinski definition) is 4. The van der Waals surface area contributed by atoms with Crippen molar-refractivity contribution in [1.29, 1.82) is 0 Å². The van der Waals surface area contributed by atoms with Crippen LogP contribution in [0, 0.1) is 5.92 Å². The molecule has 3 N–H and O–H groups in total. The number of nitrogens with two attached hydrogens (primary N) is 1. The van der Waals surface area contributed by atoms with Gasteiger partial charge in [0.25, 0.3) is 0 Å². The highest BCUT2D eigenvalue weighted by Crippen LogP contribution is 2.40. The Bertz CT molecular complexity index is 403. The van der Waals surface area contributed by atoms with Gasteiger partial charge >= 0.3 is 6.03 Å². The highest BCUT2D eigenvalue weighted by molar-refractivity contribution is 5.71. The number of fused-ring (bicyclic) bond motifs is 1. The predicted octanol–water partition coefficient (Wildman–Crippen LogP) is 6.16. The monoisotopic (exact) mass is 444 g/mol. The van der Waals surface area contributed by atoms with Gasteiger partial charge in [0.15, 0.2) is 6.29 Å². The fraction of sp³-hybridized carbons (Fsp3) is 0.960. The van der Waals surface area contributed by atoms with Crippen LogP contribution in [0.4, 0.5) is 4.79 Å². The molecule has 3 rings (SSSR count). The van der Waals surface area contributed by atoms with E-state index in [1.807, 2.05) is 0 Å². The molecule has 0 radical (unpaired) electrons. The predicted molar refractivity (Wildman–Crippen MR) is 129 cm³/mol. The van der Waals surface area contributed by atoms with Crippen molar-refractivity contribution in [1.82, 2.24) is 5.32 Å².